The van der Waals surface area contributed by atoms with Gasteiger partial charge in [-0.3, -0.25) is 4.79 Å². The van der Waals surface area contributed by atoms with Gasteiger partial charge in [0.2, 0.25) is 5.69 Å². The highest BCUT2D eigenvalue weighted by Gasteiger charge is 2.21. The van der Waals surface area contributed by atoms with Crippen LogP contribution in [0.15, 0.2) is 41.3 Å². The molecule has 0 saturated carbocycles. The van der Waals surface area contributed by atoms with Crippen molar-refractivity contribution in [2.24, 2.45) is 0 Å². The number of carbonyl (C=O) groups excluding carboxylic acids is 1. The van der Waals surface area contributed by atoms with Gasteiger partial charge >= 0.3 is 5.97 Å². The third-order valence-electron chi connectivity index (χ3n) is 3.62. The number of hydrogen-bond donors (Lipinski definition) is 1. The summed E-state index contributed by atoms with van der Waals surface area (Å²) < 4.78 is 6.44. The van der Waals surface area contributed by atoms with Crippen LogP contribution in [0.2, 0.25) is 0 Å². The molecule has 0 unspecified atom stereocenters. The third-order valence-corrected chi connectivity index (χ3v) is 3.62. The van der Waals surface area contributed by atoms with Crippen LogP contribution in [0.3, 0.4) is 0 Å². The van der Waals surface area contributed by atoms with Gasteiger partial charge in [0, 0.05) is 6.20 Å². The van der Waals surface area contributed by atoms with Crippen molar-refractivity contribution in [2.45, 2.75) is 20.0 Å². The van der Waals surface area contributed by atoms with Gasteiger partial charge in [-0.15, -0.1) is 0 Å². The highest BCUT2D eigenvalue weighted by Crippen LogP contribution is 2.18. The Morgan fingerprint density at radius 3 is 2.79 bits per heavy atom. The van der Waals surface area contributed by atoms with E-state index in [-0.39, 0.29) is 29.2 Å². The Kier molecular flexibility index (Phi) is 4.12. The van der Waals surface area contributed by atoms with Crippen LogP contribution in [0.4, 0.5) is 5.69 Å². The summed E-state index contributed by atoms with van der Waals surface area (Å²) in [7, 11) is 0. The Morgan fingerprint density at radius 1 is 1.38 bits per heavy atom. The first-order valence-corrected chi connectivity index (χ1v) is 7.37. The largest absolute Gasteiger partial charge is 0.456 e. The number of benzene rings is 1. The Labute approximate surface area is 137 Å². The van der Waals surface area contributed by atoms with Gasteiger partial charge in [-0.25, -0.2) is 19.1 Å². The summed E-state index contributed by atoms with van der Waals surface area (Å²) in [5.74, 6) is -0.674. The van der Waals surface area contributed by atoms with Gasteiger partial charge < -0.3 is 9.84 Å². The van der Waals surface area contributed by atoms with Gasteiger partial charge in [0.1, 0.15) is 6.61 Å². The van der Waals surface area contributed by atoms with Crippen LogP contribution in [0.25, 0.3) is 10.5 Å². The summed E-state index contributed by atoms with van der Waals surface area (Å²) in [6.07, 6.45) is 1.71. The average molecular weight is 322 g/mol. The molecule has 120 valence electrons. The number of aromatic amines is 1. The van der Waals surface area contributed by atoms with E-state index < -0.39 is 11.5 Å². The molecule has 0 saturated heterocycles. The minimum atomic E-state index is -0.674. The van der Waals surface area contributed by atoms with E-state index in [0.717, 1.165) is 5.56 Å². The number of esters is 1. The molecule has 2 aromatic heterocycles. The van der Waals surface area contributed by atoms with Crippen LogP contribution in [-0.2, 0) is 17.8 Å². The topological polar surface area (TPSA) is 80.8 Å². The average Bonchev–Trinajstić information content (AvgIpc) is 3.03. The number of nitrogens with zero attached hydrogens (tertiary/aromatic N) is 3. The van der Waals surface area contributed by atoms with E-state index in [2.05, 4.69) is 14.9 Å². The van der Waals surface area contributed by atoms with Gasteiger partial charge in [0.25, 0.3) is 5.56 Å². The smallest absolute Gasteiger partial charge is 0.357 e. The second kappa shape index (κ2) is 6.38. The number of nitrogens with one attached hydrogen (secondary N) is 1. The first-order chi connectivity index (χ1) is 11.7. The van der Waals surface area contributed by atoms with Crippen molar-refractivity contribution < 1.29 is 9.53 Å². The molecular formula is C17H14N4O3. The zero-order chi connectivity index (χ0) is 17.1. The predicted molar refractivity (Wildman–Crippen MR) is 87.0 cm³/mol. The van der Waals surface area contributed by atoms with Crippen LogP contribution in [0.1, 0.15) is 28.5 Å². The summed E-state index contributed by atoms with van der Waals surface area (Å²) in [5.41, 5.74) is 0.951. The second-order valence-corrected chi connectivity index (χ2v) is 5.09. The molecule has 3 rings (SSSR count). The molecule has 0 radical (unpaired) electrons. The Hall–Kier alpha value is -3.40. The van der Waals surface area contributed by atoms with E-state index >= 15 is 0 Å². The fraction of sp³-hybridized carbons (Fsp3) is 0.176. The molecule has 0 aliphatic heterocycles. The minimum absolute atomic E-state index is 0.0390. The third kappa shape index (κ3) is 2.65. The lowest BCUT2D eigenvalue weighted by Gasteiger charge is -2.08. The molecule has 1 aromatic carbocycles. The van der Waals surface area contributed by atoms with Crippen molar-refractivity contribution in [1.82, 2.24) is 14.6 Å². The van der Waals surface area contributed by atoms with E-state index in [4.69, 9.17) is 11.3 Å². The van der Waals surface area contributed by atoms with Crippen molar-refractivity contribution in [3.63, 3.8) is 0 Å². The molecular weight excluding hydrogens is 308 g/mol. The molecule has 0 aliphatic carbocycles. The van der Waals surface area contributed by atoms with E-state index in [1.165, 1.54) is 10.7 Å². The van der Waals surface area contributed by atoms with E-state index in [9.17, 15) is 9.59 Å². The first kappa shape index (κ1) is 15.5. The fourth-order valence-electron chi connectivity index (χ4n) is 2.40. The van der Waals surface area contributed by atoms with Gasteiger partial charge in [0.15, 0.2) is 11.3 Å². The zero-order valence-electron chi connectivity index (χ0n) is 12.9. The highest BCUT2D eigenvalue weighted by molar-refractivity contribution is 5.90. The standard InChI is InChI=1S/C17H14N4O3/c1-3-12-14(17(23)24-10-11-7-5-4-6-8-11)20-15-13(18-2)9-19-21(15)16(12)22/h4-9,19H,3,10H2,1H3. The number of aromatic nitrogens is 3. The highest BCUT2D eigenvalue weighted by atomic mass is 16.5. The number of hydrogen-bond acceptors (Lipinski definition) is 4. The van der Waals surface area contributed by atoms with Crippen molar-refractivity contribution in [2.75, 3.05) is 0 Å². The van der Waals surface area contributed by atoms with Crippen molar-refractivity contribution >= 4 is 17.3 Å². The normalized spacial score (nSPS) is 10.5. The molecule has 1 N–H and O–H groups in total. The maximum absolute atomic E-state index is 12.5. The molecule has 2 heterocycles. The first-order valence-electron chi connectivity index (χ1n) is 7.37. The fourth-order valence-corrected chi connectivity index (χ4v) is 2.40. The quantitative estimate of drug-likeness (QED) is 0.591. The maximum atomic E-state index is 12.5. The zero-order valence-corrected chi connectivity index (χ0v) is 12.9. The lowest BCUT2D eigenvalue weighted by Crippen LogP contribution is -2.25. The van der Waals surface area contributed by atoms with Crippen LogP contribution >= 0.6 is 0 Å². The van der Waals surface area contributed by atoms with Crippen LogP contribution in [0, 0.1) is 6.57 Å². The SMILES string of the molecule is [C-]#[N+]c1c[nH]n2c(=O)c(CC)c(C(=O)OCc3ccccc3)nc12. The van der Waals surface area contributed by atoms with Crippen molar-refractivity contribution in [1.29, 1.82) is 0 Å². The van der Waals surface area contributed by atoms with E-state index in [1.807, 2.05) is 30.3 Å². The van der Waals surface area contributed by atoms with Crippen molar-refractivity contribution in [3.8, 4) is 0 Å². The van der Waals surface area contributed by atoms with Crippen molar-refractivity contribution in [3.05, 3.63) is 75.1 Å². The number of carbonyl (C=O) groups is 1. The van der Waals surface area contributed by atoms with E-state index in [0.29, 0.717) is 6.42 Å². The molecule has 7 heteroatoms. The van der Waals surface area contributed by atoms with Crippen LogP contribution in [0.5, 0.6) is 0 Å². The van der Waals surface area contributed by atoms with Crippen LogP contribution < -0.4 is 5.56 Å². The molecule has 7 nitrogen and oxygen atoms in total. The predicted octanol–water partition coefficient (Wildman–Crippen LogP) is 2.49. The van der Waals surface area contributed by atoms with Crippen LogP contribution in [-0.4, -0.2) is 20.6 Å². The summed E-state index contributed by atoms with van der Waals surface area (Å²) >= 11 is 0. The van der Waals surface area contributed by atoms with Gasteiger partial charge in [0.05, 0.1) is 12.1 Å². The second-order valence-electron chi connectivity index (χ2n) is 5.09. The van der Waals surface area contributed by atoms with Gasteiger partial charge in [-0.05, 0) is 12.0 Å². The minimum Gasteiger partial charge on any atom is -0.456 e. The number of ether oxygens (including phenoxy) is 1. The summed E-state index contributed by atoms with van der Waals surface area (Å²) in [6.45, 7) is 8.97. The summed E-state index contributed by atoms with van der Waals surface area (Å²) in [6, 6.07) is 9.23. The maximum Gasteiger partial charge on any atom is 0.357 e. The van der Waals surface area contributed by atoms with Gasteiger partial charge in [-0.1, -0.05) is 37.3 Å². The number of rotatable bonds is 4. The summed E-state index contributed by atoms with van der Waals surface area (Å²) in [4.78, 5) is 32.4. The lowest BCUT2D eigenvalue weighted by atomic mass is 10.1. The molecule has 0 atom stereocenters. The molecule has 0 bridgehead atoms. The molecule has 0 spiro atoms. The Balaban J connectivity index is 1.99. The summed E-state index contributed by atoms with van der Waals surface area (Å²) in [5, 5.41) is 2.68. The monoisotopic (exact) mass is 322 g/mol. The molecule has 24 heavy (non-hydrogen) atoms. The molecule has 0 aliphatic rings. The Morgan fingerprint density at radius 2 is 2.12 bits per heavy atom. The lowest BCUT2D eigenvalue weighted by molar-refractivity contribution is 0.0464. The van der Waals surface area contributed by atoms with Gasteiger partial charge in [-0.2, -0.15) is 0 Å². The molecule has 0 amide bonds. The molecule has 0 fully saturated rings. The number of H-pyrrole nitrogens is 1. The Bertz CT molecular complexity index is 996. The van der Waals surface area contributed by atoms with E-state index in [1.54, 1.807) is 6.92 Å². The molecule has 3 aromatic rings. The number of fused-ring (bicyclic) bond motifs is 1.